The molecule has 2 amide bonds. The van der Waals surface area contributed by atoms with Gasteiger partial charge in [-0.2, -0.15) is 0 Å². The lowest BCUT2D eigenvalue weighted by Gasteiger charge is -2.25. The van der Waals surface area contributed by atoms with Crippen LogP contribution in [0.5, 0.6) is 0 Å². The molecule has 228 valence electrons. The number of aryl methyl sites for hydroxylation is 1. The Morgan fingerprint density at radius 3 is 1.71 bits per heavy atom. The van der Waals surface area contributed by atoms with Gasteiger partial charge in [-0.15, -0.1) is 0 Å². The minimum absolute atomic E-state index is 0.0132. The minimum Gasteiger partial charge on any atom is -0.478 e. The first-order chi connectivity index (χ1) is 20.3. The number of piperidine rings is 2. The van der Waals surface area contributed by atoms with Crippen molar-refractivity contribution < 1.29 is 29.0 Å². The number of carbonyl (C=O) groups is 4. The highest BCUT2D eigenvalue weighted by molar-refractivity contribution is 5.95. The number of hydrogen-bond acceptors (Lipinski definition) is 7. The van der Waals surface area contributed by atoms with E-state index in [1.807, 2.05) is 6.92 Å². The average Bonchev–Trinajstić information content (AvgIpc) is 2.98. The molecule has 0 spiro atoms. The molecule has 3 N–H and O–H groups in total. The van der Waals surface area contributed by atoms with Crippen LogP contribution in [0.2, 0.25) is 0 Å². The van der Waals surface area contributed by atoms with Gasteiger partial charge in [0.05, 0.1) is 30.8 Å². The van der Waals surface area contributed by atoms with Crippen molar-refractivity contribution in [1.82, 2.24) is 9.80 Å². The second-order valence-corrected chi connectivity index (χ2v) is 10.6. The summed E-state index contributed by atoms with van der Waals surface area (Å²) in [6.45, 7) is 8.81. The minimum atomic E-state index is -0.932. The molecule has 0 bridgehead atoms. The Balaban J connectivity index is 0.000000230. The molecule has 10 nitrogen and oxygen atoms in total. The van der Waals surface area contributed by atoms with Gasteiger partial charge in [0.2, 0.25) is 11.8 Å². The first-order valence-electron chi connectivity index (χ1n) is 15.0. The molecule has 0 radical (unpaired) electrons. The molecule has 0 unspecified atom stereocenters. The molecule has 2 aliphatic rings. The molecule has 0 atom stereocenters. The van der Waals surface area contributed by atoms with E-state index in [9.17, 15) is 19.2 Å². The molecule has 2 fully saturated rings. The maximum atomic E-state index is 12.0. The summed E-state index contributed by atoms with van der Waals surface area (Å²) >= 11 is 0. The number of nitrogens with zero attached hydrogens (tertiary/aromatic N) is 2. The number of rotatable bonds is 10. The summed E-state index contributed by atoms with van der Waals surface area (Å²) in [5, 5.41) is 14.8. The van der Waals surface area contributed by atoms with Gasteiger partial charge < -0.3 is 20.5 Å². The molecular weight excluding hydrogens is 536 g/mol. The Kier molecular flexibility index (Phi) is 13.5. The van der Waals surface area contributed by atoms with Crippen LogP contribution in [0.15, 0.2) is 42.5 Å². The summed E-state index contributed by atoms with van der Waals surface area (Å²) in [6.07, 6.45) is 7.77. The number of carboxylic acids is 1. The fraction of sp³-hybridized carbons (Fsp3) is 0.500. The van der Waals surface area contributed by atoms with Crippen LogP contribution in [0.1, 0.15) is 78.7 Å². The topological polar surface area (TPSA) is 128 Å². The number of carbonyl (C=O) groups excluding carboxylic acids is 3. The fourth-order valence-corrected chi connectivity index (χ4v) is 5.12. The number of ether oxygens (including phenoxy) is 1. The molecule has 0 aliphatic carbocycles. The van der Waals surface area contributed by atoms with Gasteiger partial charge in [-0.1, -0.05) is 19.8 Å². The van der Waals surface area contributed by atoms with Gasteiger partial charge in [0.25, 0.3) is 0 Å². The van der Waals surface area contributed by atoms with Gasteiger partial charge in [-0.05, 0) is 113 Å². The second kappa shape index (κ2) is 17.3. The summed E-state index contributed by atoms with van der Waals surface area (Å²) in [5.41, 5.74) is 2.89. The predicted molar refractivity (Wildman–Crippen MR) is 163 cm³/mol. The highest BCUT2D eigenvalue weighted by Gasteiger charge is 2.16. The lowest BCUT2D eigenvalue weighted by Crippen LogP contribution is -2.36. The summed E-state index contributed by atoms with van der Waals surface area (Å²) < 4.78 is 4.92. The Morgan fingerprint density at radius 1 is 0.738 bits per heavy atom. The number of nitrogens with one attached hydrogen (secondary N) is 2. The molecular formula is C32H44N4O6. The van der Waals surface area contributed by atoms with Gasteiger partial charge in [-0.3, -0.25) is 19.4 Å². The van der Waals surface area contributed by atoms with E-state index >= 15 is 0 Å². The van der Waals surface area contributed by atoms with Crippen molar-refractivity contribution in [2.75, 3.05) is 56.5 Å². The molecule has 0 saturated carbocycles. The zero-order chi connectivity index (χ0) is 30.3. The van der Waals surface area contributed by atoms with Crippen molar-refractivity contribution in [3.05, 3.63) is 59.2 Å². The largest absolute Gasteiger partial charge is 0.478 e. The Morgan fingerprint density at radius 2 is 1.24 bits per heavy atom. The first-order valence-corrected chi connectivity index (χ1v) is 15.0. The quantitative estimate of drug-likeness (QED) is 0.346. The predicted octanol–water partition coefficient (Wildman–Crippen LogP) is 4.66. The number of amides is 2. The number of esters is 1. The van der Waals surface area contributed by atoms with Crippen LogP contribution in [-0.2, 0) is 20.7 Å². The smallest absolute Gasteiger partial charge is 0.338 e. The molecule has 4 rings (SSSR count). The van der Waals surface area contributed by atoms with Crippen molar-refractivity contribution in [2.24, 2.45) is 0 Å². The molecule has 2 aliphatic heterocycles. The van der Waals surface area contributed by atoms with Crippen LogP contribution in [0.4, 0.5) is 11.4 Å². The number of carboxylic acid groups (broad SMARTS) is 1. The van der Waals surface area contributed by atoms with Crippen LogP contribution < -0.4 is 10.6 Å². The maximum Gasteiger partial charge on any atom is 0.338 e. The van der Waals surface area contributed by atoms with E-state index in [1.54, 1.807) is 49.4 Å². The number of aromatic carboxylic acids is 1. The highest BCUT2D eigenvalue weighted by Crippen LogP contribution is 2.17. The van der Waals surface area contributed by atoms with Crippen LogP contribution in [0.25, 0.3) is 0 Å². The van der Waals surface area contributed by atoms with E-state index in [-0.39, 0.29) is 17.8 Å². The summed E-state index contributed by atoms with van der Waals surface area (Å²) in [4.78, 5) is 50.9. The normalized spacial score (nSPS) is 15.6. The second-order valence-electron chi connectivity index (χ2n) is 10.6. The van der Waals surface area contributed by atoms with E-state index < -0.39 is 5.97 Å². The third kappa shape index (κ3) is 10.9. The molecule has 42 heavy (non-hydrogen) atoms. The van der Waals surface area contributed by atoms with Gasteiger partial charge in [0.1, 0.15) is 0 Å². The van der Waals surface area contributed by atoms with Gasteiger partial charge in [0.15, 0.2) is 0 Å². The van der Waals surface area contributed by atoms with Crippen molar-refractivity contribution in [3.8, 4) is 0 Å². The molecule has 2 aromatic rings. The van der Waals surface area contributed by atoms with Crippen molar-refractivity contribution in [1.29, 1.82) is 0 Å². The van der Waals surface area contributed by atoms with E-state index in [4.69, 9.17) is 9.84 Å². The monoisotopic (exact) mass is 580 g/mol. The first kappa shape index (κ1) is 32.8. The van der Waals surface area contributed by atoms with Crippen LogP contribution in [0.3, 0.4) is 0 Å². The highest BCUT2D eigenvalue weighted by atomic mass is 16.5. The number of anilines is 2. The third-order valence-corrected chi connectivity index (χ3v) is 7.31. The Labute approximate surface area is 248 Å². The average molecular weight is 581 g/mol. The number of benzene rings is 2. The molecule has 2 saturated heterocycles. The fourth-order valence-electron chi connectivity index (χ4n) is 5.12. The van der Waals surface area contributed by atoms with Gasteiger partial charge in [0, 0.05) is 11.4 Å². The Hall–Kier alpha value is -3.76. The number of likely N-dealkylation sites (tertiary alicyclic amines) is 2. The molecule has 2 aromatic carbocycles. The number of hydrogen-bond donors (Lipinski definition) is 3. The van der Waals surface area contributed by atoms with Crippen molar-refractivity contribution in [3.63, 3.8) is 0 Å². The zero-order valence-electron chi connectivity index (χ0n) is 24.8. The lowest BCUT2D eigenvalue weighted by molar-refractivity contribution is -0.118. The van der Waals surface area contributed by atoms with Gasteiger partial charge in [-0.25, -0.2) is 9.59 Å². The van der Waals surface area contributed by atoms with Crippen LogP contribution >= 0.6 is 0 Å². The SMILES string of the molecule is CCOC(=O)c1ccc(NC(=O)CN2CCCCC2)cc1.CCc1cc(NC(=O)CN2CCCCC2)ccc1C(=O)O. The van der Waals surface area contributed by atoms with Crippen LogP contribution in [0, 0.1) is 0 Å². The molecule has 10 heteroatoms. The van der Waals surface area contributed by atoms with E-state index in [1.165, 1.54) is 25.7 Å². The van der Waals surface area contributed by atoms with E-state index in [2.05, 4.69) is 20.4 Å². The standard InChI is InChI=1S/2C16H22N2O3/c1-2-21-16(20)13-6-8-14(9-7-13)17-15(19)12-18-10-4-3-5-11-18;1-2-12-10-13(6-7-14(12)16(20)21)17-15(19)11-18-8-4-3-5-9-18/h6-9H,2-5,10-12H2,1H3,(H,17,19);6-7,10H,2-5,8-9,11H2,1H3,(H,17,19)(H,20,21). The van der Waals surface area contributed by atoms with Gasteiger partial charge >= 0.3 is 11.9 Å². The van der Waals surface area contributed by atoms with E-state index in [0.717, 1.165) is 44.6 Å². The Bertz CT molecular complexity index is 1190. The lowest BCUT2D eigenvalue weighted by atomic mass is 10.0. The maximum absolute atomic E-state index is 12.0. The van der Waals surface area contributed by atoms with Crippen molar-refractivity contribution in [2.45, 2.75) is 58.8 Å². The summed E-state index contributed by atoms with van der Waals surface area (Å²) in [7, 11) is 0. The third-order valence-electron chi connectivity index (χ3n) is 7.31. The van der Waals surface area contributed by atoms with Crippen molar-refractivity contribution >= 4 is 35.1 Å². The molecule has 0 aromatic heterocycles. The zero-order valence-corrected chi connectivity index (χ0v) is 24.8. The summed E-state index contributed by atoms with van der Waals surface area (Å²) in [6, 6.07) is 11.7. The molecule has 2 heterocycles. The summed E-state index contributed by atoms with van der Waals surface area (Å²) in [5.74, 6) is -1.33. The van der Waals surface area contributed by atoms with Crippen LogP contribution in [-0.4, -0.2) is 84.5 Å². The van der Waals surface area contributed by atoms with E-state index in [0.29, 0.717) is 48.6 Å².